The maximum Gasteiger partial charge on any atom is 0.243 e. The predicted molar refractivity (Wildman–Crippen MR) is 104 cm³/mol. The van der Waals surface area contributed by atoms with Crippen molar-refractivity contribution < 1.29 is 19.8 Å². The van der Waals surface area contributed by atoms with E-state index in [9.17, 15) is 9.90 Å². The van der Waals surface area contributed by atoms with Crippen LogP contribution in [0.1, 0.15) is 70.6 Å². The Kier molecular flexibility index (Phi) is 7.92. The monoisotopic (exact) mass is 377 g/mol. The van der Waals surface area contributed by atoms with Crippen molar-refractivity contribution in [1.29, 1.82) is 0 Å². The number of rotatable bonds is 9. The average Bonchev–Trinajstić information content (AvgIpc) is 3.31. The van der Waals surface area contributed by atoms with E-state index in [1.54, 1.807) is 5.48 Å². The van der Waals surface area contributed by atoms with Gasteiger partial charge in [-0.05, 0) is 56.8 Å². The molecule has 3 fully saturated rings. The number of aliphatic hydroxyl groups is 1. The first-order chi connectivity index (χ1) is 13.2. The molecule has 5 atom stereocenters. The number of fused-ring (bicyclic) bond motifs is 2. The van der Waals surface area contributed by atoms with Gasteiger partial charge in [0.05, 0.1) is 18.3 Å². The van der Waals surface area contributed by atoms with Crippen molar-refractivity contribution in [3.8, 4) is 0 Å². The van der Waals surface area contributed by atoms with Crippen LogP contribution in [0.15, 0.2) is 24.3 Å². The first-order valence-electron chi connectivity index (χ1n) is 10.8. The number of hydrogen-bond acceptors (Lipinski definition) is 4. The molecule has 0 spiro atoms. The summed E-state index contributed by atoms with van der Waals surface area (Å²) in [4.78, 5) is 11.0. The van der Waals surface area contributed by atoms with Crippen LogP contribution in [0.5, 0.6) is 0 Å². The van der Waals surface area contributed by atoms with Crippen molar-refractivity contribution >= 4 is 5.91 Å². The van der Waals surface area contributed by atoms with Crippen LogP contribution in [-0.2, 0) is 9.53 Å². The largest absolute Gasteiger partial charge is 0.389 e. The Balaban J connectivity index is 1.47. The van der Waals surface area contributed by atoms with Gasteiger partial charge in [-0.3, -0.25) is 10.0 Å². The molecule has 1 saturated carbocycles. The summed E-state index contributed by atoms with van der Waals surface area (Å²) in [5.41, 5.74) is 1.66. The minimum atomic E-state index is -0.327. The minimum Gasteiger partial charge on any atom is -0.389 e. The van der Waals surface area contributed by atoms with Crippen LogP contribution in [-0.4, -0.2) is 34.5 Å². The van der Waals surface area contributed by atoms with Crippen LogP contribution in [0, 0.1) is 17.8 Å². The van der Waals surface area contributed by atoms with E-state index in [0.29, 0.717) is 36.4 Å². The van der Waals surface area contributed by atoms with Crippen LogP contribution in [0.3, 0.4) is 0 Å². The fourth-order valence-electron chi connectivity index (χ4n) is 5.07. The standard InChI is InChI=1S/C22H35NO4/c24-19(16-8-4-3-5-9-16)13-12-18-17(20-14-15-21(18)27-20)10-6-1-2-7-11-22(25)23-26/h1,6,12-13,16-21,24,26H,2-5,7-11,14-15H2,(H,23,25)/b6-1-,13-12+/t17-,18-,19?,20+,21-/m0/s1. The summed E-state index contributed by atoms with van der Waals surface area (Å²) < 4.78 is 6.15. The van der Waals surface area contributed by atoms with Gasteiger partial charge in [-0.1, -0.05) is 43.6 Å². The zero-order valence-corrected chi connectivity index (χ0v) is 16.3. The van der Waals surface area contributed by atoms with E-state index in [0.717, 1.165) is 44.9 Å². The van der Waals surface area contributed by atoms with Gasteiger partial charge in [0.15, 0.2) is 0 Å². The molecule has 152 valence electrons. The van der Waals surface area contributed by atoms with E-state index in [1.165, 1.54) is 19.3 Å². The van der Waals surface area contributed by atoms with E-state index in [4.69, 9.17) is 9.94 Å². The Bertz CT molecular complexity index is 526. The number of amides is 1. The summed E-state index contributed by atoms with van der Waals surface area (Å²) in [6.45, 7) is 0. The highest BCUT2D eigenvalue weighted by Gasteiger charge is 2.46. The van der Waals surface area contributed by atoms with E-state index < -0.39 is 0 Å². The quantitative estimate of drug-likeness (QED) is 0.246. The number of aliphatic hydroxyl groups excluding tert-OH is 1. The van der Waals surface area contributed by atoms with Crippen LogP contribution in [0.2, 0.25) is 0 Å². The summed E-state index contributed by atoms with van der Waals surface area (Å²) >= 11 is 0. The smallest absolute Gasteiger partial charge is 0.243 e. The van der Waals surface area contributed by atoms with Crippen LogP contribution in [0.25, 0.3) is 0 Å². The summed E-state index contributed by atoms with van der Waals surface area (Å²) in [7, 11) is 0. The number of hydroxylamine groups is 1. The third kappa shape index (κ3) is 5.66. The molecule has 27 heavy (non-hydrogen) atoms. The van der Waals surface area contributed by atoms with Crippen molar-refractivity contribution in [3.63, 3.8) is 0 Å². The Morgan fingerprint density at radius 3 is 2.67 bits per heavy atom. The van der Waals surface area contributed by atoms with Gasteiger partial charge in [-0.15, -0.1) is 0 Å². The maximum absolute atomic E-state index is 11.0. The van der Waals surface area contributed by atoms with Gasteiger partial charge in [-0.2, -0.15) is 0 Å². The van der Waals surface area contributed by atoms with E-state index in [-0.39, 0.29) is 12.0 Å². The lowest BCUT2D eigenvalue weighted by molar-refractivity contribution is -0.129. The van der Waals surface area contributed by atoms with Gasteiger partial charge in [0.1, 0.15) is 0 Å². The SMILES string of the molecule is O=C(CCC/C=C\C[C@H]1[C@H](/C=C/C(O)C2CCCCC2)[C@@H]2CC[C@H]1O2)NO. The fraction of sp³-hybridized carbons (Fsp3) is 0.773. The molecule has 5 nitrogen and oxygen atoms in total. The molecule has 0 aromatic carbocycles. The van der Waals surface area contributed by atoms with Crippen LogP contribution < -0.4 is 5.48 Å². The van der Waals surface area contributed by atoms with Gasteiger partial charge < -0.3 is 9.84 Å². The molecule has 1 aliphatic carbocycles. The summed E-state index contributed by atoms with van der Waals surface area (Å²) in [5, 5.41) is 19.0. The normalized spacial score (nSPS) is 32.5. The van der Waals surface area contributed by atoms with Crippen molar-refractivity contribution in [3.05, 3.63) is 24.3 Å². The topological polar surface area (TPSA) is 78.8 Å². The molecule has 0 aromatic heterocycles. The summed E-state index contributed by atoms with van der Waals surface area (Å²) in [6, 6.07) is 0. The molecular weight excluding hydrogens is 342 g/mol. The molecule has 5 heteroatoms. The lowest BCUT2D eigenvalue weighted by Crippen LogP contribution is -2.26. The van der Waals surface area contributed by atoms with E-state index in [2.05, 4.69) is 24.3 Å². The highest BCUT2D eigenvalue weighted by molar-refractivity contribution is 5.74. The average molecular weight is 378 g/mol. The first-order valence-corrected chi connectivity index (χ1v) is 10.8. The van der Waals surface area contributed by atoms with Gasteiger partial charge in [0, 0.05) is 12.3 Å². The van der Waals surface area contributed by atoms with Gasteiger partial charge in [-0.25, -0.2) is 5.48 Å². The molecule has 2 bridgehead atoms. The molecule has 2 heterocycles. The molecule has 1 amide bonds. The minimum absolute atomic E-state index is 0.307. The molecule has 3 aliphatic rings. The second-order valence-corrected chi connectivity index (χ2v) is 8.44. The molecule has 3 N–H and O–H groups in total. The number of carbonyl (C=O) groups is 1. The van der Waals surface area contributed by atoms with Crippen molar-refractivity contribution in [2.24, 2.45) is 17.8 Å². The Morgan fingerprint density at radius 1 is 1.11 bits per heavy atom. The van der Waals surface area contributed by atoms with Crippen LogP contribution in [0.4, 0.5) is 0 Å². The second-order valence-electron chi connectivity index (χ2n) is 8.44. The Labute approximate surface area is 162 Å². The van der Waals surface area contributed by atoms with E-state index in [1.807, 2.05) is 0 Å². The highest BCUT2D eigenvalue weighted by Crippen LogP contribution is 2.46. The molecule has 3 rings (SSSR count). The fourth-order valence-corrected chi connectivity index (χ4v) is 5.07. The van der Waals surface area contributed by atoms with E-state index >= 15 is 0 Å². The van der Waals surface area contributed by atoms with Crippen molar-refractivity contribution in [2.75, 3.05) is 0 Å². The third-order valence-electron chi connectivity index (χ3n) is 6.62. The zero-order chi connectivity index (χ0) is 19.1. The van der Waals surface area contributed by atoms with Gasteiger partial charge in [0.25, 0.3) is 0 Å². The Morgan fingerprint density at radius 2 is 1.89 bits per heavy atom. The number of allylic oxidation sites excluding steroid dienone is 2. The number of carbonyl (C=O) groups excluding carboxylic acids is 1. The molecule has 0 aromatic rings. The molecule has 2 aliphatic heterocycles. The molecular formula is C22H35NO4. The predicted octanol–water partition coefficient (Wildman–Crippen LogP) is 3.90. The number of ether oxygens (including phenoxy) is 1. The number of hydrogen-bond donors (Lipinski definition) is 3. The van der Waals surface area contributed by atoms with Crippen molar-refractivity contribution in [2.45, 2.75) is 88.9 Å². The summed E-state index contributed by atoms with van der Waals surface area (Å²) in [6.07, 6.45) is 20.3. The second kappa shape index (κ2) is 10.4. The van der Waals surface area contributed by atoms with Crippen LogP contribution >= 0.6 is 0 Å². The third-order valence-corrected chi connectivity index (χ3v) is 6.62. The first kappa shape index (κ1) is 20.6. The lowest BCUT2D eigenvalue weighted by Gasteiger charge is -2.27. The van der Waals surface area contributed by atoms with Crippen molar-refractivity contribution in [1.82, 2.24) is 5.48 Å². The molecule has 1 unspecified atom stereocenters. The maximum atomic E-state index is 11.0. The Hall–Kier alpha value is -1.17. The lowest BCUT2D eigenvalue weighted by atomic mass is 9.76. The highest BCUT2D eigenvalue weighted by atomic mass is 16.5. The van der Waals surface area contributed by atoms with Gasteiger partial charge in [0.2, 0.25) is 5.91 Å². The number of unbranched alkanes of at least 4 members (excludes halogenated alkanes) is 1. The molecule has 2 saturated heterocycles. The summed E-state index contributed by atoms with van der Waals surface area (Å²) in [5.74, 6) is 1.01. The number of nitrogens with one attached hydrogen (secondary N) is 1. The molecule has 0 radical (unpaired) electrons. The zero-order valence-electron chi connectivity index (χ0n) is 16.3. The van der Waals surface area contributed by atoms with Gasteiger partial charge >= 0.3 is 0 Å².